The predicted octanol–water partition coefficient (Wildman–Crippen LogP) is 4.93. The van der Waals surface area contributed by atoms with Gasteiger partial charge in [0.1, 0.15) is 5.52 Å². The Morgan fingerprint density at radius 1 is 1.05 bits per heavy atom. The molecule has 0 fully saturated rings. The highest BCUT2D eigenvalue weighted by molar-refractivity contribution is 7.99. The number of hydrogen-bond donors (Lipinski definition) is 0. The monoisotopic (exact) mass is 269 g/mol. The van der Waals surface area contributed by atoms with Gasteiger partial charge in [-0.05, 0) is 48.0 Å². The molecule has 19 heavy (non-hydrogen) atoms. The number of rotatable bonds is 4. The molecule has 0 atom stereocenters. The van der Waals surface area contributed by atoms with E-state index >= 15 is 0 Å². The Morgan fingerprint density at radius 2 is 1.84 bits per heavy atom. The third-order valence-corrected chi connectivity index (χ3v) is 3.80. The van der Waals surface area contributed by atoms with E-state index in [2.05, 4.69) is 36.2 Å². The fourth-order valence-electron chi connectivity index (χ4n) is 2.01. The van der Waals surface area contributed by atoms with Crippen LogP contribution in [0.1, 0.15) is 18.9 Å². The van der Waals surface area contributed by atoms with Crippen LogP contribution in [0.15, 0.2) is 63.1 Å². The lowest BCUT2D eigenvalue weighted by Crippen LogP contribution is -1.82. The summed E-state index contributed by atoms with van der Waals surface area (Å²) in [5.41, 5.74) is 3.13. The lowest BCUT2D eigenvalue weighted by atomic mass is 10.1. The molecule has 0 aliphatic carbocycles. The Hall–Kier alpha value is -1.74. The molecule has 1 heterocycles. The summed E-state index contributed by atoms with van der Waals surface area (Å²) in [6.07, 6.45) is 2.31. The molecule has 0 aliphatic rings. The van der Waals surface area contributed by atoms with E-state index in [0.717, 1.165) is 22.4 Å². The number of nitrogens with zero attached hydrogens (tertiary/aromatic N) is 1. The Kier molecular flexibility index (Phi) is 3.56. The van der Waals surface area contributed by atoms with Crippen LogP contribution < -0.4 is 0 Å². The van der Waals surface area contributed by atoms with Crippen LogP contribution in [0.25, 0.3) is 11.1 Å². The summed E-state index contributed by atoms with van der Waals surface area (Å²) >= 11 is 1.56. The molecule has 0 unspecified atom stereocenters. The minimum absolute atomic E-state index is 0.699. The van der Waals surface area contributed by atoms with Crippen molar-refractivity contribution < 1.29 is 4.42 Å². The molecule has 0 saturated heterocycles. The van der Waals surface area contributed by atoms with E-state index < -0.39 is 0 Å². The quantitative estimate of drug-likeness (QED) is 0.671. The Morgan fingerprint density at radius 3 is 2.58 bits per heavy atom. The van der Waals surface area contributed by atoms with Gasteiger partial charge in [0.25, 0.3) is 5.22 Å². The van der Waals surface area contributed by atoms with Crippen LogP contribution in [0.2, 0.25) is 0 Å². The second-order valence-corrected chi connectivity index (χ2v) is 5.47. The maximum atomic E-state index is 5.70. The third-order valence-electron chi connectivity index (χ3n) is 2.94. The summed E-state index contributed by atoms with van der Waals surface area (Å²) in [5.74, 6) is 0. The number of aryl methyl sites for hydroxylation is 1. The second kappa shape index (κ2) is 5.49. The van der Waals surface area contributed by atoms with Crippen LogP contribution in [0.4, 0.5) is 0 Å². The zero-order valence-corrected chi connectivity index (χ0v) is 11.6. The van der Waals surface area contributed by atoms with Gasteiger partial charge in [0.05, 0.1) is 0 Å². The van der Waals surface area contributed by atoms with Crippen LogP contribution in [-0.4, -0.2) is 4.98 Å². The van der Waals surface area contributed by atoms with E-state index in [0.29, 0.717) is 5.22 Å². The maximum Gasteiger partial charge on any atom is 0.261 e. The van der Waals surface area contributed by atoms with Gasteiger partial charge in [-0.3, -0.25) is 0 Å². The van der Waals surface area contributed by atoms with Crippen molar-refractivity contribution in [3.05, 3.63) is 54.1 Å². The van der Waals surface area contributed by atoms with E-state index in [1.54, 1.807) is 11.8 Å². The van der Waals surface area contributed by atoms with Crippen molar-refractivity contribution in [3.63, 3.8) is 0 Å². The van der Waals surface area contributed by atoms with Crippen molar-refractivity contribution in [2.75, 3.05) is 0 Å². The second-order valence-electron chi connectivity index (χ2n) is 4.44. The number of fused-ring (bicyclic) bond motifs is 1. The van der Waals surface area contributed by atoms with Crippen LogP contribution >= 0.6 is 11.8 Å². The molecule has 96 valence electrons. The molecule has 3 rings (SSSR count). The predicted molar refractivity (Wildman–Crippen MR) is 78.6 cm³/mol. The molecule has 0 spiro atoms. The molecule has 0 radical (unpaired) electrons. The lowest BCUT2D eigenvalue weighted by Gasteiger charge is -2.00. The van der Waals surface area contributed by atoms with Gasteiger partial charge < -0.3 is 4.42 Å². The number of para-hydroxylation sites is 2. The van der Waals surface area contributed by atoms with Gasteiger partial charge in [-0.25, -0.2) is 4.98 Å². The van der Waals surface area contributed by atoms with Gasteiger partial charge in [-0.1, -0.05) is 37.6 Å². The van der Waals surface area contributed by atoms with Gasteiger partial charge in [-0.15, -0.1) is 0 Å². The molecule has 0 aliphatic heterocycles. The van der Waals surface area contributed by atoms with E-state index in [9.17, 15) is 0 Å². The lowest BCUT2D eigenvalue weighted by molar-refractivity contribution is 0.489. The molecule has 1 aromatic heterocycles. The maximum absolute atomic E-state index is 5.70. The van der Waals surface area contributed by atoms with Crippen molar-refractivity contribution in [1.29, 1.82) is 0 Å². The first kappa shape index (κ1) is 12.3. The molecule has 3 heteroatoms. The molecule has 0 amide bonds. The Labute approximate surface area is 116 Å². The van der Waals surface area contributed by atoms with E-state index in [-0.39, 0.29) is 0 Å². The fourth-order valence-corrected chi connectivity index (χ4v) is 2.76. The molecule has 0 saturated carbocycles. The zero-order chi connectivity index (χ0) is 13.1. The van der Waals surface area contributed by atoms with Crippen LogP contribution in [0.5, 0.6) is 0 Å². The molecular formula is C16H15NOS. The topological polar surface area (TPSA) is 26.0 Å². The first-order valence-corrected chi connectivity index (χ1v) is 7.29. The molecular weight excluding hydrogens is 254 g/mol. The number of benzene rings is 2. The number of hydrogen-bond acceptors (Lipinski definition) is 3. The first-order valence-electron chi connectivity index (χ1n) is 6.47. The standard InChI is InChI=1S/C16H15NOS/c1-2-5-12-8-10-13(11-9-12)19-16-17-14-6-3-4-7-15(14)18-16/h3-4,6-11H,2,5H2,1H3. The van der Waals surface area contributed by atoms with Crippen molar-refractivity contribution in [2.45, 2.75) is 29.9 Å². The SMILES string of the molecule is CCCc1ccc(Sc2nc3ccccc3o2)cc1. The largest absolute Gasteiger partial charge is 0.431 e. The van der Waals surface area contributed by atoms with Crippen molar-refractivity contribution in [1.82, 2.24) is 4.98 Å². The smallest absolute Gasteiger partial charge is 0.261 e. The van der Waals surface area contributed by atoms with Crippen molar-refractivity contribution in [2.24, 2.45) is 0 Å². The molecule has 2 aromatic carbocycles. The van der Waals surface area contributed by atoms with Crippen molar-refractivity contribution >= 4 is 22.9 Å². The highest BCUT2D eigenvalue weighted by Gasteiger charge is 2.06. The Balaban J connectivity index is 1.80. The average molecular weight is 269 g/mol. The van der Waals surface area contributed by atoms with Crippen LogP contribution in [-0.2, 0) is 6.42 Å². The van der Waals surface area contributed by atoms with E-state index in [4.69, 9.17) is 4.42 Å². The minimum atomic E-state index is 0.699. The summed E-state index contributed by atoms with van der Waals surface area (Å²) in [6, 6.07) is 16.4. The van der Waals surface area contributed by atoms with Crippen LogP contribution in [0, 0.1) is 0 Å². The Bertz CT molecular complexity index is 640. The van der Waals surface area contributed by atoms with Gasteiger partial charge in [0.2, 0.25) is 0 Å². The highest BCUT2D eigenvalue weighted by Crippen LogP contribution is 2.29. The minimum Gasteiger partial charge on any atom is -0.431 e. The molecule has 2 nitrogen and oxygen atoms in total. The first-order chi connectivity index (χ1) is 9.35. The summed E-state index contributed by atoms with van der Waals surface area (Å²) < 4.78 is 5.70. The van der Waals surface area contributed by atoms with Crippen LogP contribution in [0.3, 0.4) is 0 Å². The number of oxazole rings is 1. The molecule has 3 aromatic rings. The van der Waals surface area contributed by atoms with Gasteiger partial charge >= 0.3 is 0 Å². The summed E-state index contributed by atoms with van der Waals surface area (Å²) in [4.78, 5) is 5.62. The highest BCUT2D eigenvalue weighted by atomic mass is 32.2. The van der Waals surface area contributed by atoms with E-state index in [1.807, 2.05) is 24.3 Å². The van der Waals surface area contributed by atoms with Gasteiger partial charge in [0.15, 0.2) is 5.58 Å². The van der Waals surface area contributed by atoms with Gasteiger partial charge in [0, 0.05) is 4.90 Å². The zero-order valence-electron chi connectivity index (χ0n) is 10.8. The molecule has 0 N–H and O–H groups in total. The fraction of sp³-hybridized carbons (Fsp3) is 0.188. The average Bonchev–Trinajstić information content (AvgIpc) is 2.83. The third kappa shape index (κ3) is 2.82. The summed E-state index contributed by atoms with van der Waals surface area (Å²) in [5, 5.41) is 0.699. The van der Waals surface area contributed by atoms with Crippen molar-refractivity contribution in [3.8, 4) is 0 Å². The normalized spacial score (nSPS) is 11.0. The number of aromatic nitrogens is 1. The van der Waals surface area contributed by atoms with Gasteiger partial charge in [-0.2, -0.15) is 0 Å². The van der Waals surface area contributed by atoms with E-state index in [1.165, 1.54) is 12.0 Å². The summed E-state index contributed by atoms with van der Waals surface area (Å²) in [7, 11) is 0. The molecule has 0 bridgehead atoms. The summed E-state index contributed by atoms with van der Waals surface area (Å²) in [6.45, 7) is 2.20.